The zero-order valence-electron chi connectivity index (χ0n) is 13.9. The summed E-state index contributed by atoms with van der Waals surface area (Å²) in [6, 6.07) is 11.6. The van der Waals surface area contributed by atoms with Gasteiger partial charge in [-0.3, -0.25) is 9.59 Å². The first-order valence-electron chi connectivity index (χ1n) is 8.12. The maximum Gasteiger partial charge on any atom is 0.262 e. The van der Waals surface area contributed by atoms with E-state index in [1.165, 1.54) is 12.1 Å². The molecular formula is C19H19FN2O3. The van der Waals surface area contributed by atoms with Crippen molar-refractivity contribution in [2.45, 2.75) is 19.8 Å². The van der Waals surface area contributed by atoms with Gasteiger partial charge in [0.2, 0.25) is 5.91 Å². The third kappa shape index (κ3) is 4.15. The summed E-state index contributed by atoms with van der Waals surface area (Å²) in [4.78, 5) is 25.3. The third-order valence-corrected chi connectivity index (χ3v) is 3.99. The number of nitrogens with one attached hydrogen (secondary N) is 1. The molecule has 1 fully saturated rings. The van der Waals surface area contributed by atoms with E-state index in [1.54, 1.807) is 42.2 Å². The van der Waals surface area contributed by atoms with E-state index in [-0.39, 0.29) is 18.2 Å². The second kappa shape index (κ2) is 7.34. The first kappa shape index (κ1) is 17.0. The van der Waals surface area contributed by atoms with Crippen LogP contribution in [0.3, 0.4) is 0 Å². The molecule has 0 saturated carbocycles. The van der Waals surface area contributed by atoms with Crippen LogP contribution in [-0.2, 0) is 9.59 Å². The van der Waals surface area contributed by atoms with Crippen LogP contribution in [0.4, 0.5) is 15.8 Å². The number of nitrogens with zero attached hydrogens (tertiary/aromatic N) is 1. The molecule has 0 aromatic heterocycles. The minimum absolute atomic E-state index is 0.119. The molecule has 6 heteroatoms. The van der Waals surface area contributed by atoms with Crippen molar-refractivity contribution in [2.24, 2.45) is 0 Å². The van der Waals surface area contributed by atoms with E-state index in [0.29, 0.717) is 12.2 Å². The molecule has 130 valence electrons. The average Bonchev–Trinajstić information content (AvgIpc) is 3.02. The monoisotopic (exact) mass is 342 g/mol. The molecule has 2 aromatic carbocycles. The van der Waals surface area contributed by atoms with Crippen LogP contribution in [0, 0.1) is 12.7 Å². The highest BCUT2D eigenvalue weighted by Crippen LogP contribution is 2.24. The van der Waals surface area contributed by atoms with Crippen LogP contribution < -0.4 is 15.0 Å². The Morgan fingerprint density at radius 3 is 2.64 bits per heavy atom. The van der Waals surface area contributed by atoms with Gasteiger partial charge in [0.05, 0.1) is 5.69 Å². The fourth-order valence-electron chi connectivity index (χ4n) is 2.70. The molecule has 2 amide bonds. The molecule has 1 aliphatic rings. The van der Waals surface area contributed by atoms with Crippen molar-refractivity contribution >= 4 is 23.2 Å². The van der Waals surface area contributed by atoms with Gasteiger partial charge < -0.3 is 15.0 Å². The minimum atomic E-state index is -0.479. The van der Waals surface area contributed by atoms with E-state index in [4.69, 9.17) is 4.74 Å². The van der Waals surface area contributed by atoms with E-state index in [9.17, 15) is 14.0 Å². The SMILES string of the molecule is Cc1ccc(NC(=O)COc2ccc(N3CCCC3=O)cc2)c(F)c1. The van der Waals surface area contributed by atoms with Crippen LogP contribution in [0.2, 0.25) is 0 Å². The van der Waals surface area contributed by atoms with Gasteiger partial charge in [-0.1, -0.05) is 6.07 Å². The normalized spacial score (nSPS) is 13.8. The fourth-order valence-corrected chi connectivity index (χ4v) is 2.70. The smallest absolute Gasteiger partial charge is 0.262 e. The number of anilines is 2. The predicted molar refractivity (Wildman–Crippen MR) is 93.3 cm³/mol. The lowest BCUT2D eigenvalue weighted by Gasteiger charge is -2.16. The average molecular weight is 342 g/mol. The van der Waals surface area contributed by atoms with Gasteiger partial charge in [-0.25, -0.2) is 4.39 Å². The second-order valence-electron chi connectivity index (χ2n) is 5.96. The van der Waals surface area contributed by atoms with Gasteiger partial charge in [0, 0.05) is 18.7 Å². The van der Waals surface area contributed by atoms with Gasteiger partial charge in [-0.2, -0.15) is 0 Å². The Balaban J connectivity index is 1.54. The van der Waals surface area contributed by atoms with E-state index >= 15 is 0 Å². The van der Waals surface area contributed by atoms with Crippen molar-refractivity contribution in [1.29, 1.82) is 0 Å². The summed E-state index contributed by atoms with van der Waals surface area (Å²) in [6.45, 7) is 2.27. The largest absolute Gasteiger partial charge is 0.484 e. The molecule has 0 unspecified atom stereocenters. The number of amides is 2. The Kier molecular flexibility index (Phi) is 4.97. The summed E-state index contributed by atoms with van der Waals surface area (Å²) in [7, 11) is 0. The zero-order chi connectivity index (χ0) is 17.8. The van der Waals surface area contributed by atoms with Crippen LogP contribution >= 0.6 is 0 Å². The van der Waals surface area contributed by atoms with Gasteiger partial charge in [-0.15, -0.1) is 0 Å². The quantitative estimate of drug-likeness (QED) is 0.907. The summed E-state index contributed by atoms with van der Waals surface area (Å²) in [5.74, 6) is -0.294. The molecule has 1 N–H and O–H groups in total. The molecule has 1 aliphatic heterocycles. The van der Waals surface area contributed by atoms with Crippen LogP contribution in [0.15, 0.2) is 42.5 Å². The molecule has 0 spiro atoms. The number of rotatable bonds is 5. The standard InChI is InChI=1S/C19H19FN2O3/c1-13-4-9-17(16(20)11-13)21-18(23)12-25-15-7-5-14(6-8-15)22-10-2-3-19(22)24/h4-9,11H,2-3,10,12H2,1H3,(H,21,23). The first-order chi connectivity index (χ1) is 12.0. The second-order valence-corrected chi connectivity index (χ2v) is 5.96. The van der Waals surface area contributed by atoms with Gasteiger partial charge >= 0.3 is 0 Å². The predicted octanol–water partition coefficient (Wildman–Crippen LogP) is 3.28. The molecule has 3 rings (SSSR count). The van der Waals surface area contributed by atoms with E-state index in [2.05, 4.69) is 5.32 Å². The molecule has 0 aliphatic carbocycles. The van der Waals surface area contributed by atoms with Crippen LogP contribution in [0.5, 0.6) is 5.75 Å². The molecule has 2 aromatic rings. The van der Waals surface area contributed by atoms with Gasteiger partial charge in [0.1, 0.15) is 11.6 Å². The summed E-state index contributed by atoms with van der Waals surface area (Å²) >= 11 is 0. The lowest BCUT2D eigenvalue weighted by atomic mass is 10.2. The Morgan fingerprint density at radius 2 is 2.00 bits per heavy atom. The Labute approximate surface area is 145 Å². The number of hydrogen-bond acceptors (Lipinski definition) is 3. The lowest BCUT2D eigenvalue weighted by Crippen LogP contribution is -2.23. The molecular weight excluding hydrogens is 323 g/mol. The van der Waals surface area contributed by atoms with Crippen LogP contribution in [-0.4, -0.2) is 25.0 Å². The lowest BCUT2D eigenvalue weighted by molar-refractivity contribution is -0.118. The van der Waals surface area contributed by atoms with Crippen molar-refractivity contribution in [3.8, 4) is 5.75 Å². The van der Waals surface area contributed by atoms with Crippen LogP contribution in [0.25, 0.3) is 0 Å². The highest BCUT2D eigenvalue weighted by Gasteiger charge is 2.21. The summed E-state index contributed by atoms with van der Waals surface area (Å²) in [6.07, 6.45) is 1.45. The summed E-state index contributed by atoms with van der Waals surface area (Å²) in [5, 5.41) is 2.48. The Bertz CT molecular complexity index is 790. The number of aryl methyl sites for hydroxylation is 1. The molecule has 25 heavy (non-hydrogen) atoms. The first-order valence-corrected chi connectivity index (χ1v) is 8.12. The summed E-state index contributed by atoms with van der Waals surface area (Å²) in [5.41, 5.74) is 1.73. The van der Waals surface area contributed by atoms with Crippen molar-refractivity contribution in [1.82, 2.24) is 0 Å². The fraction of sp³-hybridized carbons (Fsp3) is 0.263. The maximum absolute atomic E-state index is 13.7. The van der Waals surface area contributed by atoms with Crippen molar-refractivity contribution in [2.75, 3.05) is 23.4 Å². The zero-order valence-corrected chi connectivity index (χ0v) is 13.9. The van der Waals surface area contributed by atoms with Crippen molar-refractivity contribution < 1.29 is 18.7 Å². The topological polar surface area (TPSA) is 58.6 Å². The molecule has 0 bridgehead atoms. The van der Waals surface area contributed by atoms with E-state index in [0.717, 1.165) is 24.2 Å². The van der Waals surface area contributed by atoms with Crippen LogP contribution in [0.1, 0.15) is 18.4 Å². The molecule has 1 heterocycles. The number of carbonyl (C=O) groups is 2. The highest BCUT2D eigenvalue weighted by molar-refractivity contribution is 5.95. The highest BCUT2D eigenvalue weighted by atomic mass is 19.1. The molecule has 0 radical (unpaired) electrons. The number of benzene rings is 2. The molecule has 1 saturated heterocycles. The number of hydrogen-bond donors (Lipinski definition) is 1. The maximum atomic E-state index is 13.7. The van der Waals surface area contributed by atoms with E-state index in [1.807, 2.05) is 0 Å². The Hall–Kier alpha value is -2.89. The van der Waals surface area contributed by atoms with Gasteiger partial charge in [0.15, 0.2) is 6.61 Å². The van der Waals surface area contributed by atoms with Crippen molar-refractivity contribution in [3.63, 3.8) is 0 Å². The third-order valence-electron chi connectivity index (χ3n) is 3.99. The molecule has 5 nitrogen and oxygen atoms in total. The Morgan fingerprint density at radius 1 is 1.24 bits per heavy atom. The van der Waals surface area contributed by atoms with Gasteiger partial charge in [-0.05, 0) is 55.3 Å². The number of ether oxygens (including phenoxy) is 1. The van der Waals surface area contributed by atoms with Gasteiger partial charge in [0.25, 0.3) is 5.91 Å². The number of carbonyl (C=O) groups excluding carboxylic acids is 2. The minimum Gasteiger partial charge on any atom is -0.484 e. The molecule has 0 atom stereocenters. The van der Waals surface area contributed by atoms with Crippen molar-refractivity contribution in [3.05, 3.63) is 53.8 Å². The summed E-state index contributed by atoms with van der Waals surface area (Å²) < 4.78 is 19.1. The van der Waals surface area contributed by atoms with E-state index < -0.39 is 11.7 Å². The number of halogens is 1.